The van der Waals surface area contributed by atoms with E-state index in [9.17, 15) is 19.7 Å². The minimum absolute atomic E-state index is 0.0131. The van der Waals surface area contributed by atoms with Gasteiger partial charge in [0, 0.05) is 48.5 Å². The van der Waals surface area contributed by atoms with E-state index in [2.05, 4.69) is 28.5 Å². The molecule has 2 saturated heterocycles. The Morgan fingerprint density at radius 2 is 1.85 bits per heavy atom. The van der Waals surface area contributed by atoms with Crippen LogP contribution in [0.3, 0.4) is 0 Å². The van der Waals surface area contributed by atoms with Crippen LogP contribution in [0.15, 0.2) is 71.6 Å². The van der Waals surface area contributed by atoms with Crippen LogP contribution in [-0.2, 0) is 4.79 Å². The summed E-state index contributed by atoms with van der Waals surface area (Å²) in [5.74, 6) is -0.783. The second kappa shape index (κ2) is 12.1. The summed E-state index contributed by atoms with van der Waals surface area (Å²) in [6, 6.07) is 19.7. The minimum Gasteiger partial charge on any atom is -0.463 e. The smallest absolute Gasteiger partial charge is 0.282 e. The molecule has 0 bridgehead atoms. The highest BCUT2D eigenvalue weighted by Crippen LogP contribution is 2.44. The first-order valence-electron chi connectivity index (χ1n) is 15.6. The third-order valence-electron chi connectivity index (χ3n) is 9.73. The SMILES string of the molecule is C=C(F)C(=O)N1CCN(c2nc(N3CC(CC#N)(N(C)C)C3)nc3cc(-c4cccc5cccc(Cl)c45)c4ccoc4c23)C[C@@H]1CC#N. The number of halogens is 2. The van der Waals surface area contributed by atoms with E-state index in [1.165, 1.54) is 4.90 Å². The second-order valence-electron chi connectivity index (χ2n) is 12.6. The molecule has 0 saturated carbocycles. The summed E-state index contributed by atoms with van der Waals surface area (Å²) in [5.41, 5.74) is 2.74. The molecule has 0 N–H and O–H groups in total. The Morgan fingerprint density at radius 3 is 2.56 bits per heavy atom. The van der Waals surface area contributed by atoms with E-state index in [-0.39, 0.29) is 25.0 Å². The van der Waals surface area contributed by atoms with Crippen LogP contribution in [0.2, 0.25) is 5.02 Å². The van der Waals surface area contributed by atoms with Gasteiger partial charge < -0.3 is 19.1 Å². The van der Waals surface area contributed by atoms with Gasteiger partial charge in [0.25, 0.3) is 5.91 Å². The molecule has 1 amide bonds. The highest BCUT2D eigenvalue weighted by molar-refractivity contribution is 6.37. The van der Waals surface area contributed by atoms with Crippen LogP contribution < -0.4 is 9.80 Å². The van der Waals surface area contributed by atoms with E-state index in [1.807, 2.05) is 67.5 Å². The summed E-state index contributed by atoms with van der Waals surface area (Å²) >= 11 is 6.78. The van der Waals surface area contributed by atoms with Crippen molar-refractivity contribution in [3.05, 3.63) is 72.2 Å². The van der Waals surface area contributed by atoms with Gasteiger partial charge in [-0.15, -0.1) is 0 Å². The van der Waals surface area contributed by atoms with Gasteiger partial charge in [0.2, 0.25) is 5.95 Å². The van der Waals surface area contributed by atoms with Crippen molar-refractivity contribution in [3.63, 3.8) is 0 Å². The van der Waals surface area contributed by atoms with Gasteiger partial charge in [-0.2, -0.15) is 15.5 Å². The largest absolute Gasteiger partial charge is 0.463 e. The Balaban J connectivity index is 1.42. The molecule has 0 spiro atoms. The molecule has 0 unspecified atom stereocenters. The molecule has 12 heteroatoms. The standard InChI is InChI=1S/C36H32ClFN8O2/c1-22(38)34(47)46-16-15-44(19-24(46)10-13-39)33-31-29(41-35(42-33)45-20-36(21-45,12-14-40)43(2)3)18-27(26-11-17-48-32(26)31)25-8-4-6-23-7-5-9-28(37)30(23)25/h4-9,11,17-18,24H,1,10,12,15-16,19-21H2,2-3H3/t24-/m0/s1. The summed E-state index contributed by atoms with van der Waals surface area (Å²) in [5, 5.41) is 23.3. The van der Waals surface area contributed by atoms with Gasteiger partial charge in [0.15, 0.2) is 5.83 Å². The molecule has 2 aliphatic heterocycles. The van der Waals surface area contributed by atoms with E-state index >= 15 is 0 Å². The quantitative estimate of drug-likeness (QED) is 0.185. The molecule has 48 heavy (non-hydrogen) atoms. The highest BCUT2D eigenvalue weighted by atomic mass is 35.5. The summed E-state index contributed by atoms with van der Waals surface area (Å²) in [4.78, 5) is 30.4. The van der Waals surface area contributed by atoms with E-state index in [1.54, 1.807) is 6.26 Å². The molecule has 242 valence electrons. The summed E-state index contributed by atoms with van der Waals surface area (Å²) in [6.07, 6.45) is 2.02. The van der Waals surface area contributed by atoms with Crippen molar-refractivity contribution in [2.24, 2.45) is 0 Å². The van der Waals surface area contributed by atoms with Crippen molar-refractivity contribution in [3.8, 4) is 23.3 Å². The number of benzene rings is 3. The maximum absolute atomic E-state index is 14.0. The lowest BCUT2D eigenvalue weighted by atomic mass is 9.86. The average molecular weight is 663 g/mol. The van der Waals surface area contributed by atoms with Crippen molar-refractivity contribution in [2.45, 2.75) is 24.4 Å². The van der Waals surface area contributed by atoms with Gasteiger partial charge in [0.05, 0.1) is 53.7 Å². The van der Waals surface area contributed by atoms with Crippen LogP contribution in [0.1, 0.15) is 12.8 Å². The average Bonchev–Trinajstić information content (AvgIpc) is 3.55. The lowest BCUT2D eigenvalue weighted by molar-refractivity contribution is -0.131. The number of anilines is 2. The van der Waals surface area contributed by atoms with Crippen LogP contribution in [0.4, 0.5) is 16.2 Å². The van der Waals surface area contributed by atoms with E-state index in [0.717, 1.165) is 27.3 Å². The Bertz CT molecular complexity index is 2190. The first kappa shape index (κ1) is 31.4. The Hall–Kier alpha value is -5.23. The molecular formula is C36H32ClFN8O2. The van der Waals surface area contributed by atoms with Crippen molar-refractivity contribution in [2.75, 3.05) is 56.6 Å². The minimum atomic E-state index is -1.06. The zero-order valence-electron chi connectivity index (χ0n) is 26.6. The molecule has 0 aliphatic carbocycles. The molecule has 2 aliphatic rings. The van der Waals surface area contributed by atoms with Crippen molar-refractivity contribution < 1.29 is 13.6 Å². The van der Waals surface area contributed by atoms with Crippen LogP contribution in [0.25, 0.3) is 43.8 Å². The Kier molecular flexibility index (Phi) is 7.90. The van der Waals surface area contributed by atoms with Gasteiger partial charge in [-0.05, 0) is 48.8 Å². The number of fused-ring (bicyclic) bond motifs is 4. The van der Waals surface area contributed by atoms with Crippen molar-refractivity contribution >= 4 is 61.9 Å². The van der Waals surface area contributed by atoms with E-state index in [4.69, 9.17) is 26.0 Å². The number of piperazine rings is 1. The van der Waals surface area contributed by atoms with E-state index in [0.29, 0.717) is 59.3 Å². The molecular weight excluding hydrogens is 631 g/mol. The maximum Gasteiger partial charge on any atom is 0.282 e. The molecule has 5 aromatic rings. The topological polar surface area (TPSA) is 117 Å². The fourth-order valence-corrected chi connectivity index (χ4v) is 7.36. The number of nitriles is 2. The number of carbonyl (C=O) groups excluding carboxylic acids is 1. The molecule has 1 atom stereocenters. The number of likely N-dealkylation sites (N-methyl/N-ethyl adjacent to an activating group) is 1. The van der Waals surface area contributed by atoms with Gasteiger partial charge in [-0.3, -0.25) is 9.69 Å². The number of amides is 1. The number of hydrogen-bond donors (Lipinski definition) is 0. The zero-order chi connectivity index (χ0) is 33.7. The molecule has 7 rings (SSSR count). The zero-order valence-corrected chi connectivity index (χ0v) is 27.3. The third-order valence-corrected chi connectivity index (χ3v) is 10.0. The lowest BCUT2D eigenvalue weighted by Crippen LogP contribution is -2.69. The van der Waals surface area contributed by atoms with Crippen LogP contribution in [-0.4, -0.2) is 84.1 Å². The number of hydrogen-bond acceptors (Lipinski definition) is 9. The molecule has 2 fully saturated rings. The normalized spacial score (nSPS) is 17.5. The fraction of sp³-hybridized carbons (Fsp3) is 0.306. The van der Waals surface area contributed by atoms with Gasteiger partial charge in [-0.25, -0.2) is 9.37 Å². The first-order chi connectivity index (χ1) is 23.2. The number of furan rings is 1. The maximum atomic E-state index is 14.0. The monoisotopic (exact) mass is 662 g/mol. The number of rotatable bonds is 7. The van der Waals surface area contributed by atoms with Gasteiger partial charge in [0.1, 0.15) is 11.4 Å². The van der Waals surface area contributed by atoms with Gasteiger partial charge >= 0.3 is 0 Å². The first-order valence-corrected chi connectivity index (χ1v) is 16.0. The summed E-state index contributed by atoms with van der Waals surface area (Å²) in [7, 11) is 3.94. The van der Waals surface area contributed by atoms with Gasteiger partial charge in [-0.1, -0.05) is 48.5 Å². The molecule has 4 heterocycles. The number of nitrogens with zero attached hydrogens (tertiary/aromatic N) is 8. The number of aromatic nitrogens is 2. The fourth-order valence-electron chi connectivity index (χ4n) is 7.07. The van der Waals surface area contributed by atoms with Crippen LogP contribution in [0, 0.1) is 22.7 Å². The van der Waals surface area contributed by atoms with Crippen molar-refractivity contribution in [1.82, 2.24) is 19.8 Å². The Labute approximate surface area is 281 Å². The highest BCUT2D eigenvalue weighted by Gasteiger charge is 2.46. The molecule has 0 radical (unpaired) electrons. The predicted octanol–water partition coefficient (Wildman–Crippen LogP) is 6.30. The summed E-state index contributed by atoms with van der Waals surface area (Å²) < 4.78 is 20.2. The molecule has 2 aromatic heterocycles. The lowest BCUT2D eigenvalue weighted by Gasteiger charge is -2.53. The number of carbonyl (C=O) groups is 1. The van der Waals surface area contributed by atoms with Crippen LogP contribution in [0.5, 0.6) is 0 Å². The molecule has 3 aromatic carbocycles. The van der Waals surface area contributed by atoms with E-state index < -0.39 is 17.8 Å². The summed E-state index contributed by atoms with van der Waals surface area (Å²) in [6.45, 7) is 5.07. The molecule has 10 nitrogen and oxygen atoms in total. The third kappa shape index (κ3) is 5.07. The Morgan fingerprint density at radius 1 is 1.08 bits per heavy atom. The second-order valence-corrected chi connectivity index (χ2v) is 13.1. The van der Waals surface area contributed by atoms with Crippen molar-refractivity contribution in [1.29, 1.82) is 10.5 Å². The van der Waals surface area contributed by atoms with Crippen LogP contribution >= 0.6 is 11.6 Å². The predicted molar refractivity (Wildman–Crippen MR) is 184 cm³/mol.